The fraction of sp³-hybridized carbons (Fsp3) is 0.250. The molecule has 84 valence electrons. The molecule has 1 heterocycles. The molecule has 2 aromatic rings. The van der Waals surface area contributed by atoms with Gasteiger partial charge in [-0.3, -0.25) is 4.79 Å². The van der Waals surface area contributed by atoms with Gasteiger partial charge in [0.2, 0.25) is 0 Å². The number of aryl methyl sites for hydroxylation is 1. The highest BCUT2D eigenvalue weighted by atomic mass is 16.3. The maximum atomic E-state index is 11.6. The molecule has 0 aliphatic rings. The predicted molar refractivity (Wildman–Crippen MR) is 62.5 cm³/mol. The Morgan fingerprint density at radius 1 is 1.44 bits per heavy atom. The molecule has 1 amide bonds. The Balaban J connectivity index is 2.28. The van der Waals surface area contributed by atoms with Gasteiger partial charge in [0, 0.05) is 17.4 Å². The zero-order valence-corrected chi connectivity index (χ0v) is 9.08. The van der Waals surface area contributed by atoms with Crippen LogP contribution in [0.5, 0.6) is 0 Å². The maximum Gasteiger partial charge on any atom is 0.267 e. The molecule has 3 N–H and O–H groups in total. The number of rotatable bonds is 3. The van der Waals surface area contributed by atoms with Gasteiger partial charge in [-0.15, -0.1) is 0 Å². The van der Waals surface area contributed by atoms with E-state index in [4.69, 9.17) is 5.11 Å². The van der Waals surface area contributed by atoms with E-state index >= 15 is 0 Å². The second kappa shape index (κ2) is 4.37. The lowest BCUT2D eigenvalue weighted by Crippen LogP contribution is -2.26. The standard InChI is InChI=1S/C12H14N2O2/c1-8-2-3-10-9(6-8)7-11(14-10)12(16)13-4-5-15/h2-3,6-7,14-15H,4-5H2,1H3,(H,13,16). The van der Waals surface area contributed by atoms with Crippen LogP contribution in [0.25, 0.3) is 10.9 Å². The number of aromatic amines is 1. The highest BCUT2D eigenvalue weighted by Gasteiger charge is 2.08. The van der Waals surface area contributed by atoms with E-state index in [0.717, 1.165) is 16.5 Å². The smallest absolute Gasteiger partial charge is 0.267 e. The average molecular weight is 218 g/mol. The number of fused-ring (bicyclic) bond motifs is 1. The van der Waals surface area contributed by atoms with Crippen molar-refractivity contribution in [2.75, 3.05) is 13.2 Å². The van der Waals surface area contributed by atoms with Crippen molar-refractivity contribution in [3.63, 3.8) is 0 Å². The summed E-state index contributed by atoms with van der Waals surface area (Å²) in [5.41, 5.74) is 2.63. The number of hydrogen-bond donors (Lipinski definition) is 3. The zero-order valence-electron chi connectivity index (χ0n) is 9.08. The second-order valence-electron chi connectivity index (χ2n) is 3.75. The van der Waals surface area contributed by atoms with Crippen LogP contribution in [0.15, 0.2) is 24.3 Å². The van der Waals surface area contributed by atoms with E-state index in [2.05, 4.69) is 10.3 Å². The van der Waals surface area contributed by atoms with Crippen molar-refractivity contribution in [1.82, 2.24) is 10.3 Å². The molecule has 1 aromatic heterocycles. The lowest BCUT2D eigenvalue weighted by molar-refractivity contribution is 0.0940. The normalized spacial score (nSPS) is 10.6. The number of aromatic nitrogens is 1. The van der Waals surface area contributed by atoms with Crippen molar-refractivity contribution in [1.29, 1.82) is 0 Å². The fourth-order valence-corrected chi connectivity index (χ4v) is 1.64. The van der Waals surface area contributed by atoms with E-state index in [1.165, 1.54) is 0 Å². The average Bonchev–Trinajstić information content (AvgIpc) is 2.68. The third-order valence-corrected chi connectivity index (χ3v) is 2.42. The first-order valence-electron chi connectivity index (χ1n) is 5.19. The summed E-state index contributed by atoms with van der Waals surface area (Å²) in [5, 5.41) is 12.2. The van der Waals surface area contributed by atoms with Crippen molar-refractivity contribution >= 4 is 16.8 Å². The molecule has 0 radical (unpaired) electrons. The minimum absolute atomic E-state index is 0.0505. The quantitative estimate of drug-likeness (QED) is 0.724. The molecule has 4 nitrogen and oxygen atoms in total. The van der Waals surface area contributed by atoms with Crippen molar-refractivity contribution in [2.24, 2.45) is 0 Å². The number of carbonyl (C=O) groups is 1. The van der Waals surface area contributed by atoms with Crippen LogP contribution >= 0.6 is 0 Å². The molecule has 0 spiro atoms. The number of amides is 1. The third-order valence-electron chi connectivity index (χ3n) is 2.42. The highest BCUT2D eigenvalue weighted by molar-refractivity contribution is 5.98. The van der Waals surface area contributed by atoms with Gasteiger partial charge in [0.25, 0.3) is 5.91 Å². The molecule has 1 aromatic carbocycles. The lowest BCUT2D eigenvalue weighted by Gasteiger charge is -1.99. The molecular formula is C12H14N2O2. The van der Waals surface area contributed by atoms with Crippen LogP contribution in [0.2, 0.25) is 0 Å². The van der Waals surface area contributed by atoms with Crippen molar-refractivity contribution in [3.8, 4) is 0 Å². The number of nitrogens with one attached hydrogen (secondary N) is 2. The van der Waals surface area contributed by atoms with E-state index in [1.54, 1.807) is 0 Å². The molecule has 0 aliphatic heterocycles. The third kappa shape index (κ3) is 2.06. The summed E-state index contributed by atoms with van der Waals surface area (Å²) in [7, 11) is 0. The maximum absolute atomic E-state index is 11.6. The van der Waals surface area contributed by atoms with Crippen LogP contribution in [0.1, 0.15) is 16.1 Å². The van der Waals surface area contributed by atoms with Crippen LogP contribution in [-0.4, -0.2) is 29.1 Å². The Kier molecular flexibility index (Phi) is 2.92. The summed E-state index contributed by atoms with van der Waals surface area (Å²) in [6.07, 6.45) is 0. The van der Waals surface area contributed by atoms with E-state index < -0.39 is 0 Å². The number of aliphatic hydroxyl groups is 1. The molecule has 0 unspecified atom stereocenters. The number of hydrogen-bond acceptors (Lipinski definition) is 2. The molecule has 0 atom stereocenters. The predicted octanol–water partition coefficient (Wildman–Crippen LogP) is 1.20. The molecule has 4 heteroatoms. The fourth-order valence-electron chi connectivity index (χ4n) is 1.64. The topological polar surface area (TPSA) is 65.1 Å². The Hall–Kier alpha value is -1.81. The van der Waals surface area contributed by atoms with Crippen LogP contribution in [-0.2, 0) is 0 Å². The molecular weight excluding hydrogens is 204 g/mol. The van der Waals surface area contributed by atoms with Gasteiger partial charge in [0.05, 0.1) is 6.61 Å². The molecule has 0 aliphatic carbocycles. The van der Waals surface area contributed by atoms with Gasteiger partial charge in [-0.05, 0) is 25.1 Å². The number of H-pyrrole nitrogens is 1. The first-order valence-corrected chi connectivity index (χ1v) is 5.19. The largest absolute Gasteiger partial charge is 0.395 e. The zero-order chi connectivity index (χ0) is 11.5. The van der Waals surface area contributed by atoms with Crippen molar-refractivity contribution < 1.29 is 9.90 Å². The Bertz CT molecular complexity index is 517. The Morgan fingerprint density at radius 2 is 2.25 bits per heavy atom. The van der Waals surface area contributed by atoms with Gasteiger partial charge in [-0.2, -0.15) is 0 Å². The number of benzene rings is 1. The van der Waals surface area contributed by atoms with Crippen LogP contribution in [0, 0.1) is 6.92 Å². The van der Waals surface area contributed by atoms with Gasteiger partial charge >= 0.3 is 0 Å². The van der Waals surface area contributed by atoms with Crippen molar-refractivity contribution in [2.45, 2.75) is 6.92 Å². The number of carbonyl (C=O) groups excluding carboxylic acids is 1. The minimum Gasteiger partial charge on any atom is -0.395 e. The van der Waals surface area contributed by atoms with Gasteiger partial charge in [0.1, 0.15) is 5.69 Å². The highest BCUT2D eigenvalue weighted by Crippen LogP contribution is 2.16. The van der Waals surface area contributed by atoms with Gasteiger partial charge in [-0.25, -0.2) is 0 Å². The summed E-state index contributed by atoms with van der Waals surface area (Å²) in [6, 6.07) is 7.78. The second-order valence-corrected chi connectivity index (χ2v) is 3.75. The molecule has 0 bridgehead atoms. The Labute approximate surface area is 93.3 Å². The SMILES string of the molecule is Cc1ccc2[nH]c(C(=O)NCCO)cc2c1. The van der Waals surface area contributed by atoms with E-state index in [9.17, 15) is 4.79 Å². The summed E-state index contributed by atoms with van der Waals surface area (Å²) < 4.78 is 0. The molecule has 0 saturated heterocycles. The van der Waals surface area contributed by atoms with Gasteiger partial charge in [0.15, 0.2) is 0 Å². The Morgan fingerprint density at radius 3 is 3.00 bits per heavy atom. The van der Waals surface area contributed by atoms with E-state index in [-0.39, 0.29) is 19.1 Å². The molecule has 0 fully saturated rings. The summed E-state index contributed by atoms with van der Waals surface area (Å²) in [4.78, 5) is 14.6. The number of aliphatic hydroxyl groups excluding tert-OH is 1. The minimum atomic E-state index is -0.192. The van der Waals surface area contributed by atoms with Gasteiger partial charge < -0.3 is 15.4 Å². The van der Waals surface area contributed by atoms with Gasteiger partial charge in [-0.1, -0.05) is 11.6 Å². The van der Waals surface area contributed by atoms with E-state index in [0.29, 0.717) is 5.69 Å². The summed E-state index contributed by atoms with van der Waals surface area (Å²) in [5.74, 6) is -0.192. The summed E-state index contributed by atoms with van der Waals surface area (Å²) in [6.45, 7) is 2.23. The summed E-state index contributed by atoms with van der Waals surface area (Å²) >= 11 is 0. The monoisotopic (exact) mass is 218 g/mol. The van der Waals surface area contributed by atoms with Crippen LogP contribution in [0.3, 0.4) is 0 Å². The first kappa shape index (κ1) is 10.7. The lowest BCUT2D eigenvalue weighted by atomic mass is 10.2. The van der Waals surface area contributed by atoms with Crippen molar-refractivity contribution in [3.05, 3.63) is 35.5 Å². The van der Waals surface area contributed by atoms with Crippen LogP contribution in [0.4, 0.5) is 0 Å². The molecule has 16 heavy (non-hydrogen) atoms. The molecule has 0 saturated carbocycles. The molecule has 2 rings (SSSR count). The van der Waals surface area contributed by atoms with E-state index in [1.807, 2.05) is 31.2 Å². The first-order chi connectivity index (χ1) is 7.70. The van der Waals surface area contributed by atoms with Crippen LogP contribution < -0.4 is 5.32 Å².